The molecule has 3 aromatic rings. The van der Waals surface area contributed by atoms with E-state index in [1.54, 1.807) is 31.2 Å². The van der Waals surface area contributed by atoms with Gasteiger partial charge in [-0.3, -0.25) is 9.78 Å². The number of hydrogen-bond acceptors (Lipinski definition) is 5. The number of pyridine rings is 1. The SMILES string of the molecule is CCOC(=O)/C=C/c1cc(F)c2ncc(C(=O)NCc3ccc(Cl)cc3)c(O)c2c1. The molecule has 3 rings (SSSR count). The predicted octanol–water partition coefficient (Wildman–Crippen LogP) is 4.24. The van der Waals surface area contributed by atoms with Crippen LogP contribution in [0.15, 0.2) is 48.7 Å². The van der Waals surface area contributed by atoms with Crippen molar-refractivity contribution in [3.05, 3.63) is 76.2 Å². The van der Waals surface area contributed by atoms with E-state index in [9.17, 15) is 19.1 Å². The van der Waals surface area contributed by atoms with Crippen molar-refractivity contribution in [2.24, 2.45) is 0 Å². The second-order valence-corrected chi connectivity index (χ2v) is 6.75. The molecule has 0 aliphatic rings. The number of fused-ring (bicyclic) bond motifs is 1. The first-order valence-corrected chi connectivity index (χ1v) is 9.45. The Morgan fingerprint density at radius 1 is 1.27 bits per heavy atom. The van der Waals surface area contributed by atoms with Crippen LogP contribution in [0.2, 0.25) is 5.02 Å². The molecular formula is C22H18ClFN2O4. The van der Waals surface area contributed by atoms with Gasteiger partial charge in [0, 0.05) is 29.2 Å². The number of ether oxygens (including phenoxy) is 1. The lowest BCUT2D eigenvalue weighted by molar-refractivity contribution is -0.137. The number of carbonyl (C=O) groups excluding carboxylic acids is 2. The van der Waals surface area contributed by atoms with Crippen molar-refractivity contribution in [1.82, 2.24) is 10.3 Å². The normalized spacial score (nSPS) is 11.0. The van der Waals surface area contributed by atoms with Gasteiger partial charge in [0.15, 0.2) is 0 Å². The number of carbonyl (C=O) groups is 2. The molecule has 0 spiro atoms. The second-order valence-electron chi connectivity index (χ2n) is 6.31. The molecule has 6 nitrogen and oxygen atoms in total. The molecule has 0 bridgehead atoms. The Hall–Kier alpha value is -3.45. The van der Waals surface area contributed by atoms with Gasteiger partial charge in [0.2, 0.25) is 0 Å². The maximum Gasteiger partial charge on any atom is 0.330 e. The monoisotopic (exact) mass is 428 g/mol. The molecule has 0 saturated carbocycles. The molecule has 154 valence electrons. The maximum atomic E-state index is 14.4. The zero-order valence-electron chi connectivity index (χ0n) is 16.0. The van der Waals surface area contributed by atoms with Gasteiger partial charge in [-0.25, -0.2) is 9.18 Å². The highest BCUT2D eigenvalue weighted by molar-refractivity contribution is 6.30. The highest BCUT2D eigenvalue weighted by atomic mass is 35.5. The van der Waals surface area contributed by atoms with Gasteiger partial charge in [0.05, 0.1) is 6.61 Å². The number of hydrogen-bond donors (Lipinski definition) is 2. The van der Waals surface area contributed by atoms with Crippen molar-refractivity contribution in [2.75, 3.05) is 6.61 Å². The minimum Gasteiger partial charge on any atom is -0.506 e. The highest BCUT2D eigenvalue weighted by Gasteiger charge is 2.17. The molecule has 0 unspecified atom stereocenters. The number of aromatic hydroxyl groups is 1. The largest absolute Gasteiger partial charge is 0.506 e. The van der Waals surface area contributed by atoms with Crippen molar-refractivity contribution < 1.29 is 23.8 Å². The molecule has 0 fully saturated rings. The van der Waals surface area contributed by atoms with Crippen LogP contribution in [0.5, 0.6) is 5.75 Å². The summed E-state index contributed by atoms with van der Waals surface area (Å²) in [4.78, 5) is 27.9. The molecule has 30 heavy (non-hydrogen) atoms. The molecule has 0 aliphatic carbocycles. The molecule has 1 aromatic heterocycles. The fraction of sp³-hybridized carbons (Fsp3) is 0.136. The number of aromatic nitrogens is 1. The van der Waals surface area contributed by atoms with Crippen LogP contribution in [0.3, 0.4) is 0 Å². The summed E-state index contributed by atoms with van der Waals surface area (Å²) < 4.78 is 19.2. The first-order valence-electron chi connectivity index (χ1n) is 9.07. The van der Waals surface area contributed by atoms with Gasteiger partial charge in [-0.1, -0.05) is 23.7 Å². The summed E-state index contributed by atoms with van der Waals surface area (Å²) >= 11 is 5.84. The Bertz CT molecular complexity index is 1130. The Kier molecular flexibility index (Phi) is 6.64. The van der Waals surface area contributed by atoms with E-state index in [2.05, 4.69) is 10.3 Å². The average molecular weight is 429 g/mol. The summed E-state index contributed by atoms with van der Waals surface area (Å²) in [6, 6.07) is 9.53. The van der Waals surface area contributed by atoms with E-state index in [-0.39, 0.29) is 29.6 Å². The summed E-state index contributed by atoms with van der Waals surface area (Å²) in [5.41, 5.74) is 0.944. The van der Waals surface area contributed by atoms with Crippen molar-refractivity contribution in [3.8, 4) is 5.75 Å². The summed E-state index contributed by atoms with van der Waals surface area (Å²) in [6.07, 6.45) is 3.62. The molecule has 0 saturated heterocycles. The van der Waals surface area contributed by atoms with Gasteiger partial charge >= 0.3 is 5.97 Å². The quantitative estimate of drug-likeness (QED) is 0.453. The molecule has 0 atom stereocenters. The zero-order valence-corrected chi connectivity index (χ0v) is 16.7. The standard InChI is InChI=1S/C22H18ClFN2O4/c1-2-30-19(27)8-5-14-9-16-20(18(24)10-14)25-12-17(21(16)28)22(29)26-11-13-3-6-15(23)7-4-13/h3-10,12H,2,11H2,1H3,(H,25,28)(H,26,29)/b8-5+. The van der Waals surface area contributed by atoms with E-state index in [0.717, 1.165) is 17.8 Å². The lowest BCUT2D eigenvalue weighted by atomic mass is 10.1. The van der Waals surface area contributed by atoms with Crippen LogP contribution in [0.4, 0.5) is 4.39 Å². The molecule has 2 aromatic carbocycles. The van der Waals surface area contributed by atoms with Crippen LogP contribution in [0, 0.1) is 5.82 Å². The third-order valence-corrected chi connectivity index (χ3v) is 4.48. The van der Waals surface area contributed by atoms with Gasteiger partial charge in [-0.05, 0) is 48.4 Å². The number of nitrogens with one attached hydrogen (secondary N) is 1. The number of rotatable bonds is 6. The van der Waals surface area contributed by atoms with Gasteiger partial charge < -0.3 is 15.2 Å². The van der Waals surface area contributed by atoms with Gasteiger partial charge in [0.25, 0.3) is 5.91 Å². The van der Waals surface area contributed by atoms with E-state index in [1.807, 2.05) is 0 Å². The molecule has 1 amide bonds. The van der Waals surface area contributed by atoms with Crippen LogP contribution in [-0.2, 0) is 16.1 Å². The zero-order chi connectivity index (χ0) is 21.7. The fourth-order valence-corrected chi connectivity index (χ4v) is 2.89. The number of halogens is 2. The molecule has 8 heteroatoms. The highest BCUT2D eigenvalue weighted by Crippen LogP contribution is 2.30. The van der Waals surface area contributed by atoms with E-state index < -0.39 is 23.4 Å². The minimum absolute atomic E-state index is 0.0534. The topological polar surface area (TPSA) is 88.5 Å². The molecule has 1 heterocycles. The Morgan fingerprint density at radius 2 is 2.00 bits per heavy atom. The lowest BCUT2D eigenvalue weighted by Crippen LogP contribution is -2.23. The third kappa shape index (κ3) is 4.93. The van der Waals surface area contributed by atoms with Crippen LogP contribution < -0.4 is 5.32 Å². The van der Waals surface area contributed by atoms with Crippen molar-refractivity contribution >= 4 is 40.5 Å². The van der Waals surface area contributed by atoms with Gasteiger partial charge in [-0.2, -0.15) is 0 Å². The Labute approximate surface area is 177 Å². The summed E-state index contributed by atoms with van der Waals surface area (Å²) in [5.74, 6) is -2.24. The van der Waals surface area contributed by atoms with Crippen LogP contribution in [-0.4, -0.2) is 28.6 Å². The smallest absolute Gasteiger partial charge is 0.330 e. The van der Waals surface area contributed by atoms with E-state index in [0.29, 0.717) is 10.6 Å². The molecular weight excluding hydrogens is 411 g/mol. The van der Waals surface area contributed by atoms with Gasteiger partial charge in [-0.15, -0.1) is 0 Å². The van der Waals surface area contributed by atoms with Gasteiger partial charge in [0.1, 0.15) is 22.6 Å². The fourth-order valence-electron chi connectivity index (χ4n) is 2.76. The van der Waals surface area contributed by atoms with Crippen molar-refractivity contribution in [2.45, 2.75) is 13.5 Å². The summed E-state index contributed by atoms with van der Waals surface area (Å²) in [7, 11) is 0. The van der Waals surface area contributed by atoms with E-state index in [4.69, 9.17) is 16.3 Å². The minimum atomic E-state index is -0.695. The lowest BCUT2D eigenvalue weighted by Gasteiger charge is -2.10. The third-order valence-electron chi connectivity index (χ3n) is 4.23. The summed E-state index contributed by atoms with van der Waals surface area (Å²) in [5, 5.41) is 13.9. The Balaban J connectivity index is 1.86. The second kappa shape index (κ2) is 9.37. The number of amides is 1. The first-order chi connectivity index (χ1) is 14.4. The summed E-state index contributed by atoms with van der Waals surface area (Å²) in [6.45, 7) is 2.10. The maximum absolute atomic E-state index is 14.4. The van der Waals surface area contributed by atoms with Crippen molar-refractivity contribution in [1.29, 1.82) is 0 Å². The van der Waals surface area contributed by atoms with Crippen molar-refractivity contribution in [3.63, 3.8) is 0 Å². The Morgan fingerprint density at radius 3 is 2.70 bits per heavy atom. The predicted molar refractivity (Wildman–Crippen MR) is 112 cm³/mol. The van der Waals surface area contributed by atoms with Crippen LogP contribution in [0.1, 0.15) is 28.4 Å². The van der Waals surface area contributed by atoms with Crippen LogP contribution >= 0.6 is 11.6 Å². The molecule has 0 aliphatic heterocycles. The average Bonchev–Trinajstić information content (AvgIpc) is 2.72. The molecule has 2 N–H and O–H groups in total. The number of nitrogens with zero attached hydrogens (tertiary/aromatic N) is 1. The number of esters is 1. The van der Waals surface area contributed by atoms with E-state index >= 15 is 0 Å². The van der Waals surface area contributed by atoms with Crippen LogP contribution in [0.25, 0.3) is 17.0 Å². The number of benzene rings is 2. The first kappa shape index (κ1) is 21.3. The van der Waals surface area contributed by atoms with E-state index in [1.165, 1.54) is 18.2 Å². The molecule has 0 radical (unpaired) electrons.